The molecule has 2 heterocycles. The van der Waals surface area contributed by atoms with Gasteiger partial charge < -0.3 is 15.2 Å². The molecule has 4 rings (SSSR count). The maximum absolute atomic E-state index is 13.1. The average molecular weight is 471 g/mol. The minimum absolute atomic E-state index is 0.0132. The van der Waals surface area contributed by atoms with E-state index in [1.165, 1.54) is 23.8 Å². The Labute approximate surface area is 200 Å². The van der Waals surface area contributed by atoms with Crippen molar-refractivity contribution in [3.05, 3.63) is 88.6 Å². The molecule has 1 aliphatic heterocycles. The highest BCUT2D eigenvalue weighted by Gasteiger charge is 2.42. The van der Waals surface area contributed by atoms with Crippen molar-refractivity contribution in [1.29, 1.82) is 5.26 Å². The summed E-state index contributed by atoms with van der Waals surface area (Å²) in [6.45, 7) is 1.75. The predicted molar refractivity (Wildman–Crippen MR) is 123 cm³/mol. The fraction of sp³-hybridized carbons (Fsp3) is 0.167. The molecule has 0 saturated heterocycles. The molecule has 0 amide bonds. The van der Waals surface area contributed by atoms with E-state index in [0.29, 0.717) is 22.8 Å². The van der Waals surface area contributed by atoms with Crippen LogP contribution in [0.5, 0.6) is 0 Å². The fourth-order valence-corrected chi connectivity index (χ4v) is 3.99. The number of carbonyl (C=O) groups excluding carboxylic acids is 2. The number of anilines is 1. The summed E-state index contributed by atoms with van der Waals surface area (Å²) in [6, 6.07) is 17.7. The zero-order chi connectivity index (χ0) is 25.1. The van der Waals surface area contributed by atoms with E-state index >= 15 is 0 Å². The van der Waals surface area contributed by atoms with Crippen LogP contribution in [0.15, 0.2) is 77.3 Å². The van der Waals surface area contributed by atoms with E-state index in [0.717, 1.165) is 0 Å². The maximum Gasteiger partial charge on any atom is 0.355 e. The van der Waals surface area contributed by atoms with Crippen molar-refractivity contribution >= 4 is 17.6 Å². The second kappa shape index (κ2) is 9.48. The Morgan fingerprint density at radius 3 is 2.17 bits per heavy atom. The second-order valence-electron chi connectivity index (χ2n) is 7.49. The van der Waals surface area contributed by atoms with Gasteiger partial charge in [0.25, 0.3) is 0 Å². The highest BCUT2D eigenvalue weighted by atomic mass is 16.5. The number of nitrogens with zero attached hydrogens (tertiary/aromatic N) is 6. The van der Waals surface area contributed by atoms with E-state index < -0.39 is 17.9 Å². The molecule has 0 saturated carbocycles. The molecule has 0 spiro atoms. The molecule has 1 aliphatic rings. The molecule has 0 bridgehead atoms. The van der Waals surface area contributed by atoms with Crippen LogP contribution in [-0.2, 0) is 19.1 Å². The number of hydrogen-bond acceptors (Lipinski definition) is 10. The van der Waals surface area contributed by atoms with Gasteiger partial charge in [0.05, 0.1) is 43.0 Å². The highest BCUT2D eigenvalue weighted by Crippen LogP contribution is 2.43. The SMILES string of the molecule is COC(=O)C1=C(C(=O)OC)N(c2ccc(-n3nnnc3C)cc2)C(N)=C(C#N)C1c1ccccc1. The van der Waals surface area contributed by atoms with Crippen molar-refractivity contribution in [3.8, 4) is 11.8 Å². The third-order valence-electron chi connectivity index (χ3n) is 5.59. The number of ether oxygens (including phenoxy) is 2. The monoisotopic (exact) mass is 471 g/mol. The van der Waals surface area contributed by atoms with Crippen LogP contribution in [0.25, 0.3) is 5.69 Å². The Bertz CT molecular complexity index is 1390. The van der Waals surface area contributed by atoms with Gasteiger partial charge in [0.15, 0.2) is 5.82 Å². The molecule has 1 aromatic heterocycles. The number of aryl methyl sites for hydroxylation is 1. The lowest BCUT2D eigenvalue weighted by atomic mass is 9.81. The van der Waals surface area contributed by atoms with Gasteiger partial charge >= 0.3 is 11.9 Å². The van der Waals surface area contributed by atoms with E-state index in [-0.39, 0.29) is 22.7 Å². The molecule has 35 heavy (non-hydrogen) atoms. The number of tetrazole rings is 1. The summed E-state index contributed by atoms with van der Waals surface area (Å²) in [5.74, 6) is -1.96. The number of methoxy groups -OCH3 is 2. The topological polar surface area (TPSA) is 149 Å². The Hall–Kier alpha value is -4.98. The molecule has 2 N–H and O–H groups in total. The smallest absolute Gasteiger partial charge is 0.355 e. The van der Waals surface area contributed by atoms with Crippen LogP contribution in [0.2, 0.25) is 0 Å². The molecular weight excluding hydrogens is 450 g/mol. The van der Waals surface area contributed by atoms with Crippen LogP contribution < -0.4 is 10.6 Å². The summed E-state index contributed by atoms with van der Waals surface area (Å²) in [5.41, 5.74) is 8.05. The van der Waals surface area contributed by atoms with Gasteiger partial charge in [0.2, 0.25) is 0 Å². The summed E-state index contributed by atoms with van der Waals surface area (Å²) in [4.78, 5) is 27.5. The first-order valence-electron chi connectivity index (χ1n) is 10.4. The molecule has 0 aliphatic carbocycles. The lowest BCUT2D eigenvalue weighted by Gasteiger charge is -2.35. The third kappa shape index (κ3) is 3.97. The van der Waals surface area contributed by atoms with Gasteiger partial charge in [-0.3, -0.25) is 4.90 Å². The van der Waals surface area contributed by atoms with Gasteiger partial charge in [-0.1, -0.05) is 30.3 Å². The quantitative estimate of drug-likeness (QED) is 0.546. The molecule has 11 nitrogen and oxygen atoms in total. The number of hydrogen-bond donors (Lipinski definition) is 1. The number of aromatic nitrogens is 4. The third-order valence-corrected chi connectivity index (χ3v) is 5.59. The van der Waals surface area contributed by atoms with Crippen LogP contribution >= 0.6 is 0 Å². The molecule has 2 aromatic carbocycles. The van der Waals surface area contributed by atoms with Gasteiger partial charge in [-0.15, -0.1) is 5.10 Å². The van der Waals surface area contributed by atoms with E-state index in [9.17, 15) is 14.9 Å². The first kappa shape index (κ1) is 23.2. The van der Waals surface area contributed by atoms with Crippen molar-refractivity contribution in [2.24, 2.45) is 5.73 Å². The Morgan fingerprint density at radius 2 is 1.63 bits per heavy atom. The molecule has 1 atom stereocenters. The maximum atomic E-state index is 13.1. The molecule has 0 radical (unpaired) electrons. The lowest BCUT2D eigenvalue weighted by molar-refractivity contribution is -0.139. The Morgan fingerprint density at radius 1 is 1.00 bits per heavy atom. The highest BCUT2D eigenvalue weighted by molar-refractivity contribution is 6.06. The van der Waals surface area contributed by atoms with Crippen molar-refractivity contribution in [3.63, 3.8) is 0 Å². The standard InChI is InChI=1S/C24H21N7O4/c1-14-27-28-29-31(14)17-11-9-16(10-12-17)30-21(24(33)35-3)20(23(32)34-2)19(18(13-25)22(30)26)15-7-5-4-6-8-15/h4-12,19H,26H2,1-3H3. The van der Waals surface area contributed by atoms with Crippen molar-refractivity contribution in [2.45, 2.75) is 12.8 Å². The Balaban J connectivity index is 1.96. The summed E-state index contributed by atoms with van der Waals surface area (Å²) in [5, 5.41) is 21.5. The van der Waals surface area contributed by atoms with Gasteiger partial charge in [-0.05, 0) is 47.2 Å². The molecule has 0 fully saturated rings. The van der Waals surface area contributed by atoms with E-state index in [1.807, 2.05) is 0 Å². The molecular formula is C24H21N7O4. The number of esters is 2. The van der Waals surface area contributed by atoms with Crippen molar-refractivity contribution in [2.75, 3.05) is 19.1 Å². The average Bonchev–Trinajstić information content (AvgIpc) is 3.33. The summed E-state index contributed by atoms with van der Waals surface area (Å²) in [6.07, 6.45) is 0. The normalized spacial score (nSPS) is 15.6. The zero-order valence-corrected chi connectivity index (χ0v) is 19.2. The van der Waals surface area contributed by atoms with Gasteiger partial charge in [-0.25, -0.2) is 9.59 Å². The van der Waals surface area contributed by atoms with Crippen LogP contribution in [0.1, 0.15) is 17.3 Å². The van der Waals surface area contributed by atoms with Crippen LogP contribution in [0, 0.1) is 18.3 Å². The van der Waals surface area contributed by atoms with Crippen molar-refractivity contribution in [1.82, 2.24) is 20.2 Å². The molecule has 176 valence electrons. The second-order valence-corrected chi connectivity index (χ2v) is 7.49. The number of benzene rings is 2. The number of nitrogens with two attached hydrogens (primary N) is 1. The molecule has 1 unspecified atom stereocenters. The number of allylic oxidation sites excluding steroid dienone is 1. The zero-order valence-electron chi connectivity index (χ0n) is 19.2. The summed E-state index contributed by atoms with van der Waals surface area (Å²) < 4.78 is 11.6. The summed E-state index contributed by atoms with van der Waals surface area (Å²) in [7, 11) is 2.40. The van der Waals surface area contributed by atoms with Crippen LogP contribution in [-0.4, -0.2) is 46.4 Å². The minimum Gasteiger partial charge on any atom is -0.466 e. The van der Waals surface area contributed by atoms with Gasteiger partial charge in [-0.2, -0.15) is 9.94 Å². The van der Waals surface area contributed by atoms with E-state index in [2.05, 4.69) is 21.6 Å². The van der Waals surface area contributed by atoms with E-state index in [1.54, 1.807) is 61.5 Å². The molecule has 3 aromatic rings. The minimum atomic E-state index is -0.929. The van der Waals surface area contributed by atoms with Gasteiger partial charge in [0.1, 0.15) is 11.5 Å². The van der Waals surface area contributed by atoms with Crippen molar-refractivity contribution < 1.29 is 19.1 Å². The number of rotatable bonds is 5. The lowest BCUT2D eigenvalue weighted by Crippen LogP contribution is -2.40. The first-order valence-corrected chi connectivity index (χ1v) is 10.4. The largest absolute Gasteiger partial charge is 0.466 e. The predicted octanol–water partition coefficient (Wildman–Crippen LogP) is 1.87. The number of nitriles is 1. The van der Waals surface area contributed by atoms with E-state index in [4.69, 9.17) is 15.2 Å². The fourth-order valence-electron chi connectivity index (χ4n) is 3.99. The van der Waals surface area contributed by atoms with Gasteiger partial charge in [0, 0.05) is 5.69 Å². The van der Waals surface area contributed by atoms with Crippen LogP contribution in [0.3, 0.4) is 0 Å². The molecule has 11 heteroatoms. The summed E-state index contributed by atoms with van der Waals surface area (Å²) >= 11 is 0. The first-order chi connectivity index (χ1) is 16.9. The Kier molecular flexibility index (Phi) is 6.28. The number of carbonyl (C=O) groups is 2. The van der Waals surface area contributed by atoms with Crippen LogP contribution in [0.4, 0.5) is 5.69 Å².